The standard InChI is InChI=1S/C21H34N4O3/c1-24(15-16-8-10-25(11-9-16)12-13-27-2)21(26)20-14-19(22-23-20)17-4-6-18(28-3)7-5-17/h4-7,16,19-20,22-23H,8-15H2,1-3H3. The third-order valence-corrected chi connectivity index (χ3v) is 5.95. The van der Waals surface area contributed by atoms with Crippen LogP contribution >= 0.6 is 0 Å². The maximum Gasteiger partial charge on any atom is 0.240 e. The number of nitrogens with zero attached hydrogens (tertiary/aromatic N) is 2. The number of rotatable bonds is 8. The number of benzene rings is 1. The molecule has 1 amide bonds. The molecule has 0 aliphatic carbocycles. The van der Waals surface area contributed by atoms with Gasteiger partial charge in [0.05, 0.1) is 13.7 Å². The van der Waals surface area contributed by atoms with Gasteiger partial charge in [-0.25, -0.2) is 10.9 Å². The molecule has 2 heterocycles. The maximum absolute atomic E-state index is 12.9. The number of piperidine rings is 1. The summed E-state index contributed by atoms with van der Waals surface area (Å²) in [5, 5.41) is 0. The molecule has 2 N–H and O–H groups in total. The number of hydrazine groups is 1. The molecule has 0 bridgehead atoms. The van der Waals surface area contributed by atoms with Gasteiger partial charge in [0.25, 0.3) is 0 Å². The molecule has 28 heavy (non-hydrogen) atoms. The summed E-state index contributed by atoms with van der Waals surface area (Å²) in [6.45, 7) is 4.82. The van der Waals surface area contributed by atoms with Crippen molar-refractivity contribution in [3.8, 4) is 5.75 Å². The normalized spacial score (nSPS) is 23.7. The largest absolute Gasteiger partial charge is 0.497 e. The van der Waals surface area contributed by atoms with E-state index < -0.39 is 0 Å². The number of nitrogens with one attached hydrogen (secondary N) is 2. The second kappa shape index (κ2) is 10.2. The third-order valence-electron chi connectivity index (χ3n) is 5.95. The quantitative estimate of drug-likeness (QED) is 0.700. The monoisotopic (exact) mass is 390 g/mol. The van der Waals surface area contributed by atoms with Gasteiger partial charge in [0.15, 0.2) is 0 Å². The Bertz CT molecular complexity index is 617. The van der Waals surface area contributed by atoms with Gasteiger partial charge in [-0.05, 0) is 56.0 Å². The fraction of sp³-hybridized carbons (Fsp3) is 0.667. The van der Waals surface area contributed by atoms with Crippen molar-refractivity contribution in [2.75, 3.05) is 54.1 Å². The summed E-state index contributed by atoms with van der Waals surface area (Å²) in [4.78, 5) is 17.2. The zero-order valence-electron chi connectivity index (χ0n) is 17.3. The van der Waals surface area contributed by atoms with Gasteiger partial charge < -0.3 is 19.3 Å². The minimum atomic E-state index is -0.182. The van der Waals surface area contributed by atoms with E-state index in [-0.39, 0.29) is 18.0 Å². The van der Waals surface area contributed by atoms with E-state index in [1.807, 2.05) is 36.2 Å². The molecule has 7 heteroatoms. The Labute approximate surface area is 168 Å². The molecule has 7 nitrogen and oxygen atoms in total. The number of carbonyl (C=O) groups is 1. The Balaban J connectivity index is 1.44. The van der Waals surface area contributed by atoms with Crippen LogP contribution in [0.25, 0.3) is 0 Å². The van der Waals surface area contributed by atoms with Crippen LogP contribution in [0, 0.1) is 5.92 Å². The molecule has 2 aliphatic heterocycles. The van der Waals surface area contributed by atoms with Gasteiger partial charge in [-0.1, -0.05) is 12.1 Å². The predicted molar refractivity (Wildman–Crippen MR) is 109 cm³/mol. The Hall–Kier alpha value is -1.67. The lowest BCUT2D eigenvalue weighted by Gasteiger charge is -2.34. The topological polar surface area (TPSA) is 66.1 Å². The van der Waals surface area contributed by atoms with Gasteiger partial charge >= 0.3 is 0 Å². The minimum Gasteiger partial charge on any atom is -0.497 e. The molecular weight excluding hydrogens is 356 g/mol. The van der Waals surface area contributed by atoms with Crippen LogP contribution in [0.1, 0.15) is 30.9 Å². The van der Waals surface area contributed by atoms with Crippen molar-refractivity contribution in [2.24, 2.45) is 5.92 Å². The zero-order chi connectivity index (χ0) is 19.9. The minimum absolute atomic E-state index is 0.136. The second-order valence-electron chi connectivity index (χ2n) is 7.90. The third kappa shape index (κ3) is 5.44. The van der Waals surface area contributed by atoms with Crippen molar-refractivity contribution in [2.45, 2.75) is 31.3 Å². The van der Waals surface area contributed by atoms with Gasteiger partial charge in [0.1, 0.15) is 11.8 Å². The van der Waals surface area contributed by atoms with E-state index in [0.717, 1.165) is 63.4 Å². The first kappa shape index (κ1) is 21.0. The van der Waals surface area contributed by atoms with E-state index in [4.69, 9.17) is 9.47 Å². The fourth-order valence-electron chi connectivity index (χ4n) is 4.13. The van der Waals surface area contributed by atoms with Crippen molar-refractivity contribution < 1.29 is 14.3 Å². The van der Waals surface area contributed by atoms with Gasteiger partial charge in [0.2, 0.25) is 5.91 Å². The van der Waals surface area contributed by atoms with E-state index in [2.05, 4.69) is 15.8 Å². The smallest absolute Gasteiger partial charge is 0.240 e. The molecule has 3 rings (SSSR count). The summed E-state index contributed by atoms with van der Waals surface area (Å²) in [5.74, 6) is 1.60. The molecule has 0 spiro atoms. The highest BCUT2D eigenvalue weighted by Crippen LogP contribution is 2.25. The first-order valence-corrected chi connectivity index (χ1v) is 10.2. The molecule has 0 radical (unpaired) electrons. The number of carbonyl (C=O) groups excluding carboxylic acids is 1. The van der Waals surface area contributed by atoms with Crippen LogP contribution in [-0.2, 0) is 9.53 Å². The van der Waals surface area contributed by atoms with Crippen LogP contribution in [0.5, 0.6) is 5.75 Å². The SMILES string of the molecule is COCCN1CCC(CN(C)C(=O)C2CC(c3ccc(OC)cc3)NN2)CC1. The van der Waals surface area contributed by atoms with Gasteiger partial charge in [-0.15, -0.1) is 0 Å². The molecular formula is C21H34N4O3. The lowest BCUT2D eigenvalue weighted by atomic mass is 9.95. The summed E-state index contributed by atoms with van der Waals surface area (Å²) >= 11 is 0. The highest BCUT2D eigenvalue weighted by atomic mass is 16.5. The lowest BCUT2D eigenvalue weighted by Crippen LogP contribution is -2.46. The van der Waals surface area contributed by atoms with Gasteiger partial charge in [0, 0.05) is 33.3 Å². The van der Waals surface area contributed by atoms with Crippen LogP contribution in [0.4, 0.5) is 0 Å². The molecule has 0 saturated carbocycles. The van der Waals surface area contributed by atoms with Crippen molar-refractivity contribution in [1.82, 2.24) is 20.7 Å². The number of ether oxygens (including phenoxy) is 2. The molecule has 156 valence electrons. The molecule has 2 fully saturated rings. The van der Waals surface area contributed by atoms with E-state index in [9.17, 15) is 4.79 Å². The van der Waals surface area contributed by atoms with E-state index >= 15 is 0 Å². The van der Waals surface area contributed by atoms with E-state index in [0.29, 0.717) is 5.92 Å². The molecule has 2 unspecified atom stereocenters. The number of likely N-dealkylation sites (N-methyl/N-ethyl adjacent to an activating group) is 1. The predicted octanol–water partition coefficient (Wildman–Crippen LogP) is 1.42. The van der Waals surface area contributed by atoms with Crippen LogP contribution in [-0.4, -0.2) is 75.8 Å². The van der Waals surface area contributed by atoms with E-state index in [1.165, 1.54) is 0 Å². The second-order valence-corrected chi connectivity index (χ2v) is 7.90. The first-order chi connectivity index (χ1) is 13.6. The molecule has 1 aromatic rings. The van der Waals surface area contributed by atoms with E-state index in [1.54, 1.807) is 14.2 Å². The highest BCUT2D eigenvalue weighted by Gasteiger charge is 2.32. The Morgan fingerprint density at radius 3 is 2.54 bits per heavy atom. The molecule has 0 aromatic heterocycles. The van der Waals surface area contributed by atoms with Crippen LogP contribution in [0.2, 0.25) is 0 Å². The summed E-state index contributed by atoms with van der Waals surface area (Å²) in [7, 11) is 5.35. The molecule has 2 aliphatic rings. The number of hydrogen-bond acceptors (Lipinski definition) is 6. The summed E-state index contributed by atoms with van der Waals surface area (Å²) in [6.07, 6.45) is 3.04. The summed E-state index contributed by atoms with van der Waals surface area (Å²) < 4.78 is 10.4. The maximum atomic E-state index is 12.9. The van der Waals surface area contributed by atoms with Crippen molar-refractivity contribution in [3.63, 3.8) is 0 Å². The van der Waals surface area contributed by atoms with Crippen molar-refractivity contribution >= 4 is 5.91 Å². The Morgan fingerprint density at radius 1 is 1.18 bits per heavy atom. The number of amides is 1. The average Bonchev–Trinajstić information content (AvgIpc) is 3.23. The van der Waals surface area contributed by atoms with Crippen LogP contribution in [0.3, 0.4) is 0 Å². The molecule has 2 saturated heterocycles. The van der Waals surface area contributed by atoms with Crippen LogP contribution < -0.4 is 15.6 Å². The van der Waals surface area contributed by atoms with Crippen molar-refractivity contribution in [1.29, 1.82) is 0 Å². The van der Waals surface area contributed by atoms with Gasteiger partial charge in [-0.2, -0.15) is 0 Å². The number of hydrogen-bond donors (Lipinski definition) is 2. The zero-order valence-corrected chi connectivity index (χ0v) is 17.3. The fourth-order valence-corrected chi connectivity index (χ4v) is 4.13. The average molecular weight is 391 g/mol. The lowest BCUT2D eigenvalue weighted by molar-refractivity contribution is -0.132. The van der Waals surface area contributed by atoms with Gasteiger partial charge in [-0.3, -0.25) is 4.79 Å². The number of methoxy groups -OCH3 is 2. The summed E-state index contributed by atoms with van der Waals surface area (Å²) in [5.41, 5.74) is 7.62. The van der Waals surface area contributed by atoms with Crippen molar-refractivity contribution in [3.05, 3.63) is 29.8 Å². The van der Waals surface area contributed by atoms with Crippen LogP contribution in [0.15, 0.2) is 24.3 Å². The Kier molecular flexibility index (Phi) is 7.67. The first-order valence-electron chi connectivity index (χ1n) is 10.2. The molecule has 1 aromatic carbocycles. The highest BCUT2D eigenvalue weighted by molar-refractivity contribution is 5.82. The summed E-state index contributed by atoms with van der Waals surface area (Å²) in [6, 6.07) is 7.96. The molecule has 2 atom stereocenters. The Morgan fingerprint density at radius 2 is 1.89 bits per heavy atom. The number of likely N-dealkylation sites (tertiary alicyclic amines) is 1.